The molecule has 0 saturated carbocycles. The number of nitrogens with one attached hydrogen (secondary N) is 2. The van der Waals surface area contributed by atoms with Crippen LogP contribution in [0.4, 0.5) is 5.69 Å². The lowest BCUT2D eigenvalue weighted by Crippen LogP contribution is -2.15. The Hall–Kier alpha value is -2.73. The monoisotopic (exact) mass is 380 g/mol. The average Bonchev–Trinajstić information content (AvgIpc) is 3.01. The van der Waals surface area contributed by atoms with Crippen molar-refractivity contribution in [1.82, 2.24) is 14.8 Å². The lowest BCUT2D eigenvalue weighted by Gasteiger charge is -2.10. The minimum atomic E-state index is -0.0504. The molecule has 0 atom stereocenters. The zero-order valence-electron chi connectivity index (χ0n) is 15.8. The first-order valence-corrected chi connectivity index (χ1v) is 9.47. The fraction of sp³-hybridized carbons (Fsp3) is 0.286. The highest BCUT2D eigenvalue weighted by molar-refractivity contribution is 7.71. The topological polar surface area (TPSA) is 62.7 Å². The molecule has 2 N–H and O–H groups in total. The van der Waals surface area contributed by atoms with E-state index in [0.29, 0.717) is 23.7 Å². The Balaban J connectivity index is 1.67. The summed E-state index contributed by atoms with van der Waals surface area (Å²) in [6.07, 6.45) is 0.318. The van der Waals surface area contributed by atoms with E-state index < -0.39 is 0 Å². The number of aryl methyl sites for hydroxylation is 1. The lowest BCUT2D eigenvalue weighted by molar-refractivity contribution is -0.116. The molecule has 0 aliphatic heterocycles. The van der Waals surface area contributed by atoms with E-state index in [-0.39, 0.29) is 5.91 Å². The summed E-state index contributed by atoms with van der Waals surface area (Å²) in [6, 6.07) is 16.0. The van der Waals surface area contributed by atoms with Crippen LogP contribution in [0.1, 0.15) is 37.3 Å². The van der Waals surface area contributed by atoms with Crippen LogP contribution in [0.3, 0.4) is 0 Å². The lowest BCUT2D eigenvalue weighted by atomic mass is 10.0. The number of rotatable bonds is 6. The summed E-state index contributed by atoms with van der Waals surface area (Å²) >= 11 is 5.34. The van der Waals surface area contributed by atoms with Crippen molar-refractivity contribution in [1.29, 1.82) is 0 Å². The van der Waals surface area contributed by atoms with E-state index >= 15 is 0 Å². The average molecular weight is 381 g/mol. The summed E-state index contributed by atoms with van der Waals surface area (Å²) < 4.78 is 2.38. The van der Waals surface area contributed by atoms with Gasteiger partial charge in [-0.2, -0.15) is 5.10 Å². The first kappa shape index (κ1) is 19.0. The quantitative estimate of drug-likeness (QED) is 0.587. The van der Waals surface area contributed by atoms with Crippen molar-refractivity contribution in [2.75, 3.05) is 5.32 Å². The van der Waals surface area contributed by atoms with E-state index in [4.69, 9.17) is 12.2 Å². The van der Waals surface area contributed by atoms with Crippen LogP contribution in [-0.4, -0.2) is 20.7 Å². The molecule has 3 rings (SSSR count). The Morgan fingerprint density at radius 2 is 1.96 bits per heavy atom. The molecule has 0 bridgehead atoms. The van der Waals surface area contributed by atoms with Crippen LogP contribution in [0.2, 0.25) is 0 Å². The molecule has 1 aromatic heterocycles. The van der Waals surface area contributed by atoms with Crippen molar-refractivity contribution in [2.45, 2.75) is 39.7 Å². The fourth-order valence-corrected chi connectivity index (χ4v) is 3.14. The number of hydrogen-bond donors (Lipinski definition) is 2. The second kappa shape index (κ2) is 8.31. The molecule has 3 aromatic rings. The van der Waals surface area contributed by atoms with Gasteiger partial charge in [-0.15, -0.1) is 0 Å². The van der Waals surface area contributed by atoms with Crippen molar-refractivity contribution in [3.63, 3.8) is 0 Å². The molecule has 0 saturated heterocycles. The van der Waals surface area contributed by atoms with Gasteiger partial charge in [0.05, 0.1) is 0 Å². The molecule has 0 unspecified atom stereocenters. The summed E-state index contributed by atoms with van der Waals surface area (Å²) in [4.78, 5) is 12.4. The third-order valence-electron chi connectivity index (χ3n) is 4.46. The van der Waals surface area contributed by atoms with Crippen LogP contribution in [0.25, 0.3) is 11.4 Å². The maximum absolute atomic E-state index is 12.4. The van der Waals surface area contributed by atoms with Crippen molar-refractivity contribution in [3.05, 3.63) is 64.4 Å². The number of anilines is 1. The first-order valence-electron chi connectivity index (χ1n) is 9.06. The Morgan fingerprint density at radius 3 is 2.63 bits per heavy atom. The molecule has 27 heavy (non-hydrogen) atoms. The molecule has 6 heteroatoms. The number of aromatic amines is 1. The number of H-pyrrole nitrogens is 1. The number of nitrogens with zero attached hydrogens (tertiary/aromatic N) is 2. The minimum Gasteiger partial charge on any atom is -0.326 e. The van der Waals surface area contributed by atoms with Gasteiger partial charge in [-0.05, 0) is 48.8 Å². The van der Waals surface area contributed by atoms with E-state index in [0.717, 1.165) is 22.6 Å². The van der Waals surface area contributed by atoms with Crippen LogP contribution < -0.4 is 5.32 Å². The van der Waals surface area contributed by atoms with Crippen molar-refractivity contribution in [3.8, 4) is 11.4 Å². The van der Waals surface area contributed by atoms with Gasteiger partial charge in [-0.25, -0.2) is 0 Å². The Bertz CT molecular complexity index is 986. The number of carbonyl (C=O) groups is 1. The smallest absolute Gasteiger partial charge is 0.226 e. The van der Waals surface area contributed by atoms with E-state index in [1.165, 1.54) is 5.56 Å². The highest BCUT2D eigenvalue weighted by atomic mass is 32.1. The van der Waals surface area contributed by atoms with Crippen molar-refractivity contribution >= 4 is 23.8 Å². The molecule has 5 nitrogen and oxygen atoms in total. The number of benzene rings is 2. The molecule has 2 aromatic carbocycles. The van der Waals surface area contributed by atoms with Crippen LogP contribution in [-0.2, 0) is 11.3 Å². The third-order valence-corrected chi connectivity index (χ3v) is 4.77. The summed E-state index contributed by atoms with van der Waals surface area (Å²) in [5, 5.41) is 10.1. The van der Waals surface area contributed by atoms with Crippen LogP contribution >= 0.6 is 12.2 Å². The van der Waals surface area contributed by atoms with E-state index in [1.54, 1.807) is 0 Å². The van der Waals surface area contributed by atoms with Gasteiger partial charge >= 0.3 is 0 Å². The number of hydrogen-bond acceptors (Lipinski definition) is 3. The largest absolute Gasteiger partial charge is 0.326 e. The number of aromatic nitrogens is 3. The molecule has 0 fully saturated rings. The fourth-order valence-electron chi connectivity index (χ4n) is 2.92. The highest BCUT2D eigenvalue weighted by Crippen LogP contribution is 2.20. The van der Waals surface area contributed by atoms with Crippen molar-refractivity contribution in [2.24, 2.45) is 0 Å². The van der Waals surface area contributed by atoms with Gasteiger partial charge in [0.25, 0.3) is 0 Å². The van der Waals surface area contributed by atoms with Gasteiger partial charge in [0.15, 0.2) is 10.6 Å². The second-order valence-electron chi connectivity index (χ2n) is 6.95. The van der Waals surface area contributed by atoms with E-state index in [9.17, 15) is 4.79 Å². The molecular formula is C21H24N4OS. The highest BCUT2D eigenvalue weighted by Gasteiger charge is 2.11. The van der Waals surface area contributed by atoms with Crippen molar-refractivity contribution < 1.29 is 4.79 Å². The van der Waals surface area contributed by atoms with Crippen LogP contribution in [0.5, 0.6) is 0 Å². The predicted molar refractivity (Wildman–Crippen MR) is 111 cm³/mol. The Kier molecular flexibility index (Phi) is 5.86. The molecular weight excluding hydrogens is 356 g/mol. The van der Waals surface area contributed by atoms with Gasteiger partial charge in [0.2, 0.25) is 5.91 Å². The number of amides is 1. The molecule has 0 radical (unpaired) electrons. The van der Waals surface area contributed by atoms with Crippen LogP contribution in [0, 0.1) is 11.7 Å². The molecule has 1 amide bonds. The third kappa shape index (κ3) is 4.71. The zero-order valence-corrected chi connectivity index (χ0v) is 16.6. The van der Waals surface area contributed by atoms with Gasteiger partial charge in [-0.3, -0.25) is 14.5 Å². The Morgan fingerprint density at radius 1 is 1.22 bits per heavy atom. The van der Waals surface area contributed by atoms with E-state index in [1.807, 2.05) is 54.0 Å². The normalized spacial score (nSPS) is 11.0. The number of carbonyl (C=O) groups excluding carboxylic acids is 1. The predicted octanol–water partition coefficient (Wildman–Crippen LogP) is 5.07. The second-order valence-corrected chi connectivity index (χ2v) is 7.34. The Labute approximate surface area is 164 Å². The van der Waals surface area contributed by atoms with E-state index in [2.05, 4.69) is 35.4 Å². The summed E-state index contributed by atoms with van der Waals surface area (Å²) in [7, 11) is 0. The standard InChI is InChI=1S/C21H24N4OS/c1-14(2)16-7-9-18(10-8-16)22-19(26)11-12-25-20(23-24-21(25)27)17-6-4-5-15(3)13-17/h4-10,13-14H,11-12H2,1-3H3,(H,22,26)(H,24,27). The summed E-state index contributed by atoms with van der Waals surface area (Å²) in [6.45, 7) is 6.80. The van der Waals surface area contributed by atoms with Gasteiger partial charge in [0.1, 0.15) is 0 Å². The SMILES string of the molecule is Cc1cccc(-c2n[nH]c(=S)n2CCC(=O)Nc2ccc(C(C)C)cc2)c1. The van der Waals surface area contributed by atoms with Gasteiger partial charge in [-0.1, -0.05) is 49.7 Å². The maximum atomic E-state index is 12.4. The molecule has 0 aliphatic carbocycles. The van der Waals surface area contributed by atoms with Crippen LogP contribution in [0.15, 0.2) is 48.5 Å². The molecule has 140 valence electrons. The van der Waals surface area contributed by atoms with Gasteiger partial charge in [0, 0.05) is 24.2 Å². The molecule has 0 aliphatic rings. The maximum Gasteiger partial charge on any atom is 0.226 e. The summed E-state index contributed by atoms with van der Waals surface area (Å²) in [5.74, 6) is 1.17. The zero-order chi connectivity index (χ0) is 19.4. The molecule has 1 heterocycles. The first-order chi connectivity index (χ1) is 12.9. The molecule has 0 spiro atoms. The minimum absolute atomic E-state index is 0.0504. The van der Waals surface area contributed by atoms with Gasteiger partial charge < -0.3 is 5.32 Å². The summed E-state index contributed by atoms with van der Waals surface area (Å²) in [5.41, 5.74) is 4.18.